The first-order valence-electron chi connectivity index (χ1n) is 17.5. The molecule has 0 bridgehead atoms. The molecule has 0 saturated heterocycles. The van der Waals surface area contributed by atoms with Crippen molar-refractivity contribution in [2.75, 3.05) is 0 Å². The SMILES string of the molecule is C#C.C=C(C)/C=C(\C=C/C)C(=C)O/C=C(\C)C(C)=O.CC.CC.CCCCC.CCCCCCC.CCCCCCCC. The zero-order chi connectivity index (χ0) is 35.3. The second kappa shape index (κ2) is 59.2. The van der Waals surface area contributed by atoms with E-state index in [2.05, 4.69) is 67.5 Å². The maximum absolute atomic E-state index is 11.0. The zero-order valence-corrected chi connectivity index (χ0v) is 32.1. The molecule has 0 amide bonds. The van der Waals surface area contributed by atoms with Crippen molar-refractivity contribution in [3.8, 4) is 12.8 Å². The summed E-state index contributed by atoms with van der Waals surface area (Å²) in [5.41, 5.74) is 2.31. The molecule has 0 aromatic heterocycles. The summed E-state index contributed by atoms with van der Waals surface area (Å²) in [5, 5.41) is 0. The number of unbranched alkanes of at least 4 members (excludes halogenated alkanes) is 11. The maximum atomic E-state index is 11.0. The average Bonchev–Trinajstić information content (AvgIpc) is 3.02. The molecule has 0 aliphatic carbocycles. The minimum absolute atomic E-state index is 0.0192. The van der Waals surface area contributed by atoms with E-state index in [0.29, 0.717) is 11.3 Å². The highest BCUT2D eigenvalue weighted by molar-refractivity contribution is 5.92. The first-order chi connectivity index (χ1) is 20.6. The van der Waals surface area contributed by atoms with E-state index in [9.17, 15) is 4.79 Å². The molecule has 256 valence electrons. The van der Waals surface area contributed by atoms with Crippen molar-refractivity contribution in [1.82, 2.24) is 0 Å². The molecule has 0 unspecified atom stereocenters. The van der Waals surface area contributed by atoms with Gasteiger partial charge in [0, 0.05) is 11.1 Å². The fourth-order valence-electron chi connectivity index (χ4n) is 2.86. The molecule has 0 spiro atoms. The Morgan fingerprint density at radius 2 is 0.953 bits per heavy atom. The Balaban J connectivity index is -0.0000000836. The number of rotatable bonds is 17. The normalized spacial score (nSPS) is 9.67. The van der Waals surface area contributed by atoms with Gasteiger partial charge in [-0.3, -0.25) is 4.79 Å². The van der Waals surface area contributed by atoms with Gasteiger partial charge in [0.1, 0.15) is 5.76 Å². The number of ether oxygens (including phenoxy) is 1. The average molecular weight is 605 g/mol. The lowest BCUT2D eigenvalue weighted by Gasteiger charge is -2.07. The van der Waals surface area contributed by atoms with Crippen molar-refractivity contribution < 1.29 is 9.53 Å². The van der Waals surface area contributed by atoms with E-state index in [1.165, 1.54) is 103 Å². The lowest BCUT2D eigenvalue weighted by molar-refractivity contribution is -0.113. The van der Waals surface area contributed by atoms with E-state index in [1.54, 1.807) is 6.92 Å². The number of ketones is 1. The summed E-state index contributed by atoms with van der Waals surface area (Å²) < 4.78 is 5.34. The Kier molecular flexibility index (Phi) is 77.8. The number of terminal acetylenes is 1. The monoisotopic (exact) mass is 605 g/mol. The van der Waals surface area contributed by atoms with E-state index in [0.717, 1.165) is 11.1 Å². The van der Waals surface area contributed by atoms with E-state index < -0.39 is 0 Å². The third kappa shape index (κ3) is 68.5. The number of allylic oxidation sites excluding steroid dienone is 5. The summed E-state index contributed by atoms with van der Waals surface area (Å²) in [6.45, 7) is 36.1. The van der Waals surface area contributed by atoms with Gasteiger partial charge in [0.15, 0.2) is 5.78 Å². The lowest BCUT2D eigenvalue weighted by Crippen LogP contribution is -1.94. The molecule has 2 nitrogen and oxygen atoms in total. The Hall–Kier alpha value is -2.27. The molecule has 0 aliphatic rings. The van der Waals surface area contributed by atoms with Crippen LogP contribution in [0, 0.1) is 12.8 Å². The van der Waals surface area contributed by atoms with Crippen LogP contribution in [0.2, 0.25) is 0 Å². The van der Waals surface area contributed by atoms with Crippen LogP contribution in [-0.2, 0) is 9.53 Å². The molecule has 2 heteroatoms. The molecule has 43 heavy (non-hydrogen) atoms. The van der Waals surface area contributed by atoms with Crippen molar-refractivity contribution in [2.45, 2.75) is 187 Å². The second-order valence-electron chi connectivity index (χ2n) is 9.67. The molecule has 0 atom stereocenters. The molecule has 0 aromatic carbocycles. The highest BCUT2D eigenvalue weighted by atomic mass is 16.5. The molecule has 0 heterocycles. The minimum atomic E-state index is -0.0192. The number of hydrogen-bond acceptors (Lipinski definition) is 2. The van der Waals surface area contributed by atoms with Crippen LogP contribution in [0.1, 0.15) is 187 Å². The molecule has 0 saturated carbocycles. The molecule has 0 N–H and O–H groups in total. The topological polar surface area (TPSA) is 26.3 Å². The van der Waals surface area contributed by atoms with Gasteiger partial charge in [0.05, 0.1) is 6.26 Å². The predicted octanol–water partition coefficient (Wildman–Crippen LogP) is 14.9. The summed E-state index contributed by atoms with van der Waals surface area (Å²) in [7, 11) is 0. The summed E-state index contributed by atoms with van der Waals surface area (Å²) in [4.78, 5) is 11.0. The van der Waals surface area contributed by atoms with Crippen molar-refractivity contribution in [3.63, 3.8) is 0 Å². The number of Topliss-reactive ketones (excluding diaryl/α,β-unsaturated/α-hetero) is 1. The molecule has 0 aliphatic heterocycles. The van der Waals surface area contributed by atoms with Gasteiger partial charge < -0.3 is 4.74 Å². The zero-order valence-electron chi connectivity index (χ0n) is 32.1. The van der Waals surface area contributed by atoms with Gasteiger partial charge in [-0.05, 0) is 33.8 Å². The van der Waals surface area contributed by atoms with Crippen LogP contribution < -0.4 is 0 Å². The lowest BCUT2D eigenvalue weighted by atomic mass is 10.1. The summed E-state index contributed by atoms with van der Waals surface area (Å²) in [5.74, 6) is 0.473. The van der Waals surface area contributed by atoms with Gasteiger partial charge in [-0.1, -0.05) is 190 Å². The second-order valence-corrected chi connectivity index (χ2v) is 9.67. The first kappa shape index (κ1) is 56.5. The smallest absolute Gasteiger partial charge is 0.158 e. The van der Waals surface area contributed by atoms with E-state index in [4.69, 9.17) is 4.74 Å². The van der Waals surface area contributed by atoms with Gasteiger partial charge in [-0.2, -0.15) is 0 Å². The maximum Gasteiger partial charge on any atom is 0.158 e. The van der Waals surface area contributed by atoms with Crippen LogP contribution in [0.3, 0.4) is 0 Å². The summed E-state index contributed by atoms with van der Waals surface area (Å²) >= 11 is 0. The number of hydrogen-bond donors (Lipinski definition) is 0. The fourth-order valence-corrected chi connectivity index (χ4v) is 2.86. The van der Waals surface area contributed by atoms with Crippen LogP contribution in [0.5, 0.6) is 0 Å². The molecule has 0 fully saturated rings. The quantitative estimate of drug-likeness (QED) is 0.0542. The third-order valence-electron chi connectivity index (χ3n) is 5.37. The van der Waals surface area contributed by atoms with Crippen LogP contribution >= 0.6 is 0 Å². The highest BCUT2D eigenvalue weighted by Gasteiger charge is 2.01. The standard InChI is InChI=1S/C15H20O2.C8H18.C7H16.C5H12.2C2H6.C2H2/c1-7-8-15(9-11(2)3)14(6)17-10-12(4)13(5)16;1-3-5-7-8-6-4-2;1-3-5-7-6-4-2;1-3-5-4-2;3*1-2/h7-10H,2,6H2,1,3-5H3;3-8H2,1-2H3;3-7H2,1-2H3;3-5H2,1-2H3;2*1-2H3;1-2H/b8-7-,12-10+,15-9+;;;;;;. The van der Waals surface area contributed by atoms with Crippen molar-refractivity contribution >= 4 is 5.78 Å². The molecular formula is C41H80O2. The Labute approximate surface area is 274 Å². The van der Waals surface area contributed by atoms with Crippen LogP contribution in [0.15, 0.2) is 60.1 Å². The molecular weight excluding hydrogens is 524 g/mol. The number of carbonyl (C=O) groups excluding carboxylic acids is 1. The Morgan fingerprint density at radius 3 is 1.19 bits per heavy atom. The predicted molar refractivity (Wildman–Crippen MR) is 204 cm³/mol. The summed E-state index contributed by atoms with van der Waals surface area (Å²) in [6.07, 6.45) is 34.6. The minimum Gasteiger partial charge on any atom is -0.465 e. The van der Waals surface area contributed by atoms with E-state index in [-0.39, 0.29) is 5.78 Å². The number of carbonyl (C=O) groups is 1. The molecule has 0 rings (SSSR count). The third-order valence-corrected chi connectivity index (χ3v) is 5.37. The van der Waals surface area contributed by atoms with Crippen LogP contribution in [-0.4, -0.2) is 5.78 Å². The van der Waals surface area contributed by atoms with Gasteiger partial charge in [0.2, 0.25) is 0 Å². The van der Waals surface area contributed by atoms with Crippen molar-refractivity contribution in [3.05, 3.63) is 60.1 Å². The first-order valence-corrected chi connectivity index (χ1v) is 17.5. The van der Waals surface area contributed by atoms with Crippen molar-refractivity contribution in [1.29, 1.82) is 0 Å². The van der Waals surface area contributed by atoms with Crippen LogP contribution in [0.4, 0.5) is 0 Å². The highest BCUT2D eigenvalue weighted by Crippen LogP contribution is 2.15. The largest absolute Gasteiger partial charge is 0.465 e. The van der Waals surface area contributed by atoms with Gasteiger partial charge in [0.25, 0.3) is 0 Å². The van der Waals surface area contributed by atoms with Crippen LogP contribution in [0.25, 0.3) is 0 Å². The van der Waals surface area contributed by atoms with E-state index in [1.807, 2.05) is 59.8 Å². The Bertz CT molecular complexity index is 632. The van der Waals surface area contributed by atoms with Crippen molar-refractivity contribution in [2.24, 2.45) is 0 Å². The van der Waals surface area contributed by atoms with Gasteiger partial charge >= 0.3 is 0 Å². The molecule has 0 aromatic rings. The van der Waals surface area contributed by atoms with E-state index >= 15 is 0 Å². The summed E-state index contributed by atoms with van der Waals surface area (Å²) in [6, 6.07) is 0. The fraction of sp³-hybridized carbons (Fsp3) is 0.683. The van der Waals surface area contributed by atoms with Gasteiger partial charge in [-0.25, -0.2) is 0 Å². The van der Waals surface area contributed by atoms with Gasteiger partial charge in [-0.15, -0.1) is 12.8 Å². The Morgan fingerprint density at radius 1 is 0.628 bits per heavy atom. The molecule has 0 radical (unpaired) electrons.